The van der Waals surface area contributed by atoms with E-state index in [4.69, 9.17) is 5.11 Å². The fraction of sp³-hybridized carbons (Fsp3) is 0.182. The molecule has 7 heteroatoms. The van der Waals surface area contributed by atoms with Crippen LogP contribution >= 0.6 is 0 Å². The molecular formula is C11H11FN4O2. The number of aromatic nitrogens is 3. The zero-order valence-electron chi connectivity index (χ0n) is 9.38. The van der Waals surface area contributed by atoms with E-state index in [2.05, 4.69) is 15.6 Å². The molecule has 0 amide bonds. The number of carboxylic acid groups (broad SMARTS) is 1. The molecule has 1 aromatic carbocycles. The van der Waals surface area contributed by atoms with E-state index in [1.807, 2.05) is 0 Å². The fourth-order valence-electron chi connectivity index (χ4n) is 1.55. The van der Waals surface area contributed by atoms with Gasteiger partial charge in [0.15, 0.2) is 0 Å². The highest BCUT2D eigenvalue weighted by Crippen LogP contribution is 2.18. The summed E-state index contributed by atoms with van der Waals surface area (Å²) in [5.41, 5.74) is -0.0984. The van der Waals surface area contributed by atoms with Gasteiger partial charge in [-0.3, -0.25) is 4.68 Å². The number of carbonyl (C=O) groups is 1. The molecule has 94 valence electrons. The smallest absolute Gasteiger partial charge is 0.340 e. The second-order valence-corrected chi connectivity index (χ2v) is 3.56. The summed E-state index contributed by atoms with van der Waals surface area (Å²) in [7, 11) is 0. The van der Waals surface area contributed by atoms with Crippen LogP contribution in [0, 0.1) is 5.82 Å². The van der Waals surface area contributed by atoms with Crippen LogP contribution in [0.1, 0.15) is 10.4 Å². The van der Waals surface area contributed by atoms with Gasteiger partial charge in [-0.15, -0.1) is 5.10 Å². The lowest BCUT2D eigenvalue weighted by Gasteiger charge is -2.09. The van der Waals surface area contributed by atoms with Gasteiger partial charge in [0, 0.05) is 12.7 Å². The van der Waals surface area contributed by atoms with Gasteiger partial charge in [-0.25, -0.2) is 9.18 Å². The monoisotopic (exact) mass is 250 g/mol. The summed E-state index contributed by atoms with van der Waals surface area (Å²) in [6.45, 7) is 0.933. The highest BCUT2D eigenvalue weighted by atomic mass is 19.1. The van der Waals surface area contributed by atoms with Crippen LogP contribution in [0.2, 0.25) is 0 Å². The highest BCUT2D eigenvalue weighted by Gasteiger charge is 2.14. The van der Waals surface area contributed by atoms with E-state index in [1.165, 1.54) is 12.1 Å². The number of hydrogen-bond donors (Lipinski definition) is 2. The lowest BCUT2D eigenvalue weighted by molar-refractivity contribution is 0.0693. The summed E-state index contributed by atoms with van der Waals surface area (Å²) in [5.74, 6) is -2.05. The van der Waals surface area contributed by atoms with Crippen molar-refractivity contribution in [3.63, 3.8) is 0 Å². The Hall–Kier alpha value is -2.44. The molecular weight excluding hydrogens is 239 g/mol. The third-order valence-corrected chi connectivity index (χ3v) is 2.36. The molecule has 0 unspecified atom stereocenters. The van der Waals surface area contributed by atoms with Crippen LogP contribution in [0.25, 0.3) is 0 Å². The Bertz CT molecular complexity index is 542. The number of hydrogen-bond acceptors (Lipinski definition) is 4. The molecule has 0 aliphatic rings. The minimum absolute atomic E-state index is 0.252. The summed E-state index contributed by atoms with van der Waals surface area (Å²) in [6.07, 6.45) is 3.23. The van der Waals surface area contributed by atoms with Crippen molar-refractivity contribution >= 4 is 11.7 Å². The van der Waals surface area contributed by atoms with Crippen LogP contribution in [0.15, 0.2) is 30.6 Å². The molecule has 0 fully saturated rings. The zero-order valence-corrected chi connectivity index (χ0v) is 9.38. The van der Waals surface area contributed by atoms with Crippen molar-refractivity contribution in [2.75, 3.05) is 11.9 Å². The number of carboxylic acids is 1. The maximum Gasteiger partial charge on any atom is 0.340 e. The summed E-state index contributed by atoms with van der Waals surface area (Å²) in [4.78, 5) is 10.9. The normalized spacial score (nSPS) is 10.3. The number of benzene rings is 1. The van der Waals surface area contributed by atoms with Gasteiger partial charge < -0.3 is 10.4 Å². The van der Waals surface area contributed by atoms with Crippen LogP contribution in [0.5, 0.6) is 0 Å². The molecule has 2 rings (SSSR count). The van der Waals surface area contributed by atoms with Gasteiger partial charge >= 0.3 is 5.97 Å². The van der Waals surface area contributed by atoms with Crippen molar-refractivity contribution in [2.24, 2.45) is 0 Å². The van der Waals surface area contributed by atoms with Crippen molar-refractivity contribution in [2.45, 2.75) is 6.54 Å². The second-order valence-electron chi connectivity index (χ2n) is 3.56. The number of anilines is 1. The first kappa shape index (κ1) is 12.0. The fourth-order valence-corrected chi connectivity index (χ4v) is 1.55. The number of aromatic carboxylic acids is 1. The van der Waals surface area contributed by atoms with Gasteiger partial charge in [-0.05, 0) is 12.1 Å². The van der Waals surface area contributed by atoms with Gasteiger partial charge in [0.25, 0.3) is 0 Å². The second kappa shape index (κ2) is 5.26. The Labute approximate surface area is 102 Å². The predicted molar refractivity (Wildman–Crippen MR) is 61.9 cm³/mol. The van der Waals surface area contributed by atoms with Crippen LogP contribution in [0.4, 0.5) is 10.1 Å². The molecule has 2 N–H and O–H groups in total. The lowest BCUT2D eigenvalue weighted by Crippen LogP contribution is -2.14. The van der Waals surface area contributed by atoms with Crippen molar-refractivity contribution in [3.05, 3.63) is 42.0 Å². The molecule has 0 saturated carbocycles. The average molecular weight is 250 g/mol. The molecule has 0 atom stereocenters. The molecule has 0 radical (unpaired) electrons. The van der Waals surface area contributed by atoms with E-state index in [1.54, 1.807) is 17.1 Å². The molecule has 6 nitrogen and oxygen atoms in total. The maximum absolute atomic E-state index is 13.4. The molecule has 1 heterocycles. The largest absolute Gasteiger partial charge is 0.478 e. The van der Waals surface area contributed by atoms with E-state index >= 15 is 0 Å². The number of nitrogens with one attached hydrogen (secondary N) is 1. The Morgan fingerprint density at radius 2 is 2.33 bits per heavy atom. The summed E-state index contributed by atoms with van der Waals surface area (Å²) in [5, 5.41) is 19.2. The SMILES string of the molecule is O=C(O)c1c(F)cccc1NCCn1ccnn1. The van der Waals surface area contributed by atoms with Gasteiger partial charge in [-0.2, -0.15) is 0 Å². The summed E-state index contributed by atoms with van der Waals surface area (Å²) >= 11 is 0. The Morgan fingerprint density at radius 3 is 3.00 bits per heavy atom. The van der Waals surface area contributed by atoms with E-state index in [0.717, 1.165) is 6.07 Å². The average Bonchev–Trinajstić information content (AvgIpc) is 2.81. The number of halogens is 1. The van der Waals surface area contributed by atoms with Crippen LogP contribution in [-0.4, -0.2) is 32.6 Å². The Balaban J connectivity index is 2.05. The van der Waals surface area contributed by atoms with Crippen LogP contribution in [-0.2, 0) is 6.54 Å². The summed E-state index contributed by atoms with van der Waals surface area (Å²) in [6, 6.07) is 4.10. The molecule has 18 heavy (non-hydrogen) atoms. The molecule has 0 aliphatic carbocycles. The third kappa shape index (κ3) is 2.62. The first-order valence-electron chi connectivity index (χ1n) is 5.28. The molecule has 0 aliphatic heterocycles. The first-order valence-corrected chi connectivity index (χ1v) is 5.28. The van der Waals surface area contributed by atoms with Crippen LogP contribution in [0.3, 0.4) is 0 Å². The maximum atomic E-state index is 13.4. The molecule has 0 saturated heterocycles. The van der Waals surface area contributed by atoms with Crippen molar-refractivity contribution in [3.8, 4) is 0 Å². The topological polar surface area (TPSA) is 80.0 Å². The standard InChI is InChI=1S/C11H11FN4O2/c12-8-2-1-3-9(10(8)11(17)18)13-4-6-16-7-5-14-15-16/h1-3,5,7,13H,4,6H2,(H,17,18). The van der Waals surface area contributed by atoms with Crippen molar-refractivity contribution in [1.82, 2.24) is 15.0 Å². The van der Waals surface area contributed by atoms with Gasteiger partial charge in [-0.1, -0.05) is 11.3 Å². The van der Waals surface area contributed by atoms with Crippen LogP contribution < -0.4 is 5.32 Å². The molecule has 0 bridgehead atoms. The number of rotatable bonds is 5. The van der Waals surface area contributed by atoms with E-state index in [-0.39, 0.29) is 11.3 Å². The minimum Gasteiger partial charge on any atom is -0.478 e. The van der Waals surface area contributed by atoms with Gasteiger partial charge in [0.1, 0.15) is 11.4 Å². The van der Waals surface area contributed by atoms with Gasteiger partial charge in [0.2, 0.25) is 0 Å². The van der Waals surface area contributed by atoms with E-state index in [9.17, 15) is 9.18 Å². The predicted octanol–water partition coefficient (Wildman–Crippen LogP) is 1.23. The third-order valence-electron chi connectivity index (χ3n) is 2.36. The Morgan fingerprint density at radius 1 is 1.50 bits per heavy atom. The van der Waals surface area contributed by atoms with Gasteiger partial charge in [0.05, 0.1) is 18.4 Å². The van der Waals surface area contributed by atoms with Crippen molar-refractivity contribution < 1.29 is 14.3 Å². The quantitative estimate of drug-likeness (QED) is 0.834. The molecule has 1 aromatic heterocycles. The molecule has 0 spiro atoms. The van der Waals surface area contributed by atoms with E-state index < -0.39 is 11.8 Å². The summed E-state index contributed by atoms with van der Waals surface area (Å²) < 4.78 is 14.9. The zero-order chi connectivity index (χ0) is 13.0. The van der Waals surface area contributed by atoms with Crippen molar-refractivity contribution in [1.29, 1.82) is 0 Å². The number of nitrogens with zero attached hydrogens (tertiary/aromatic N) is 3. The highest BCUT2D eigenvalue weighted by molar-refractivity contribution is 5.94. The molecule has 2 aromatic rings. The van der Waals surface area contributed by atoms with E-state index in [0.29, 0.717) is 13.1 Å². The Kier molecular flexibility index (Phi) is 3.52. The lowest BCUT2D eigenvalue weighted by atomic mass is 10.1. The first-order chi connectivity index (χ1) is 8.68. The minimum atomic E-state index is -1.30.